The summed E-state index contributed by atoms with van der Waals surface area (Å²) < 4.78 is 9.86. The summed E-state index contributed by atoms with van der Waals surface area (Å²) in [5, 5.41) is 5.08. The number of nitrogens with one attached hydrogen (secondary N) is 2. The van der Waals surface area contributed by atoms with Gasteiger partial charge in [-0.15, -0.1) is 0 Å². The Hall–Kier alpha value is -2.75. The topological polar surface area (TPSA) is 114 Å². The smallest absolute Gasteiger partial charge is 0.408 e. The molecule has 10 heteroatoms. The second kappa shape index (κ2) is 12.5. The van der Waals surface area contributed by atoms with E-state index in [2.05, 4.69) is 28.0 Å². The van der Waals surface area contributed by atoms with Gasteiger partial charge in [0.2, 0.25) is 11.8 Å². The van der Waals surface area contributed by atoms with Crippen LogP contribution in [0.15, 0.2) is 18.2 Å². The third-order valence-corrected chi connectivity index (χ3v) is 5.17. The van der Waals surface area contributed by atoms with Gasteiger partial charge >= 0.3 is 12.1 Å². The van der Waals surface area contributed by atoms with Crippen LogP contribution in [0.4, 0.5) is 4.79 Å². The van der Waals surface area contributed by atoms with Crippen molar-refractivity contribution in [3.05, 3.63) is 34.9 Å². The standard InChI is InChI=1S/C23H35N3O6S/c1-8-26(21(29)16(13-33)25-22(30)32-23(4,5)6)19(20(28)24-12-17(27)31-7)18-14(2)10-9-11-15(18)3/h9-11,16,19,33H,8,12-13H2,1-7H3,(H,24,28)(H,25,30). The molecule has 2 unspecified atom stereocenters. The number of carbonyl (C=O) groups excluding carboxylic acids is 4. The summed E-state index contributed by atoms with van der Waals surface area (Å²) >= 11 is 4.22. The molecule has 33 heavy (non-hydrogen) atoms. The predicted octanol–water partition coefficient (Wildman–Crippen LogP) is 2.31. The molecule has 0 heterocycles. The fourth-order valence-corrected chi connectivity index (χ4v) is 3.56. The largest absolute Gasteiger partial charge is 0.468 e. The van der Waals surface area contributed by atoms with Crippen LogP contribution in [0.1, 0.15) is 50.4 Å². The maximum Gasteiger partial charge on any atom is 0.408 e. The lowest BCUT2D eigenvalue weighted by molar-refractivity contribution is -0.144. The number of benzene rings is 1. The van der Waals surface area contributed by atoms with E-state index < -0.39 is 41.6 Å². The number of hydrogen-bond acceptors (Lipinski definition) is 7. The molecule has 0 bridgehead atoms. The molecule has 0 aliphatic rings. The van der Waals surface area contributed by atoms with E-state index in [1.165, 1.54) is 12.0 Å². The minimum Gasteiger partial charge on any atom is -0.468 e. The summed E-state index contributed by atoms with van der Waals surface area (Å²) in [7, 11) is 1.22. The molecule has 0 aromatic heterocycles. The fourth-order valence-electron chi connectivity index (χ4n) is 3.32. The number of methoxy groups -OCH3 is 1. The van der Waals surface area contributed by atoms with Gasteiger partial charge in [0.05, 0.1) is 7.11 Å². The highest BCUT2D eigenvalue weighted by Crippen LogP contribution is 2.28. The molecule has 3 amide bonds. The van der Waals surface area contributed by atoms with Crippen LogP contribution in [0.3, 0.4) is 0 Å². The van der Waals surface area contributed by atoms with Gasteiger partial charge in [-0.05, 0) is 58.2 Å². The molecule has 9 nitrogen and oxygen atoms in total. The first-order valence-electron chi connectivity index (χ1n) is 10.7. The minimum atomic E-state index is -1.03. The number of aryl methyl sites for hydroxylation is 2. The zero-order valence-electron chi connectivity index (χ0n) is 20.4. The number of amides is 3. The van der Waals surface area contributed by atoms with Crippen molar-refractivity contribution in [2.24, 2.45) is 0 Å². The fraction of sp³-hybridized carbons (Fsp3) is 0.565. The Morgan fingerprint density at radius 3 is 2.15 bits per heavy atom. The van der Waals surface area contributed by atoms with Gasteiger partial charge in [-0.2, -0.15) is 12.6 Å². The monoisotopic (exact) mass is 481 g/mol. The average molecular weight is 482 g/mol. The van der Waals surface area contributed by atoms with Crippen LogP contribution in [0, 0.1) is 13.8 Å². The number of ether oxygens (including phenoxy) is 2. The first-order valence-corrected chi connectivity index (χ1v) is 11.3. The third-order valence-electron chi connectivity index (χ3n) is 4.81. The van der Waals surface area contributed by atoms with Crippen molar-refractivity contribution >= 4 is 36.5 Å². The van der Waals surface area contributed by atoms with Gasteiger partial charge in [0, 0.05) is 12.3 Å². The molecule has 2 N–H and O–H groups in total. The molecule has 184 valence electrons. The molecule has 0 aliphatic carbocycles. The van der Waals surface area contributed by atoms with Crippen LogP contribution in [-0.4, -0.2) is 66.4 Å². The maximum absolute atomic E-state index is 13.5. The van der Waals surface area contributed by atoms with E-state index >= 15 is 0 Å². The van der Waals surface area contributed by atoms with Crippen molar-refractivity contribution < 1.29 is 28.7 Å². The number of alkyl carbamates (subject to hydrolysis) is 1. The average Bonchev–Trinajstić information content (AvgIpc) is 2.73. The van der Waals surface area contributed by atoms with Crippen molar-refractivity contribution in [3.63, 3.8) is 0 Å². The number of hydrogen-bond donors (Lipinski definition) is 3. The molecule has 0 saturated heterocycles. The van der Waals surface area contributed by atoms with Crippen LogP contribution in [0.5, 0.6) is 0 Å². The molecule has 0 radical (unpaired) electrons. The Morgan fingerprint density at radius 1 is 1.12 bits per heavy atom. The normalized spacial score (nSPS) is 12.8. The van der Waals surface area contributed by atoms with Crippen LogP contribution in [0.2, 0.25) is 0 Å². The molecular formula is C23H35N3O6S. The second-order valence-electron chi connectivity index (χ2n) is 8.51. The molecule has 0 aliphatic heterocycles. The van der Waals surface area contributed by atoms with E-state index in [1.54, 1.807) is 27.7 Å². The predicted molar refractivity (Wildman–Crippen MR) is 128 cm³/mol. The Balaban J connectivity index is 3.34. The maximum atomic E-state index is 13.5. The van der Waals surface area contributed by atoms with Crippen LogP contribution < -0.4 is 10.6 Å². The summed E-state index contributed by atoms with van der Waals surface area (Å²) in [5.41, 5.74) is 1.52. The lowest BCUT2D eigenvalue weighted by Crippen LogP contribution is -2.54. The Kier molecular flexibility index (Phi) is 10.7. The van der Waals surface area contributed by atoms with Crippen LogP contribution in [-0.2, 0) is 23.9 Å². The van der Waals surface area contributed by atoms with Gasteiger partial charge in [0.1, 0.15) is 24.2 Å². The molecule has 0 saturated carbocycles. The Labute approximate surface area is 201 Å². The highest BCUT2D eigenvalue weighted by atomic mass is 32.1. The van der Waals surface area contributed by atoms with E-state index in [0.717, 1.165) is 11.1 Å². The molecule has 1 aromatic carbocycles. The number of carbonyl (C=O) groups is 4. The lowest BCUT2D eigenvalue weighted by atomic mass is 9.93. The van der Waals surface area contributed by atoms with Crippen LogP contribution >= 0.6 is 12.6 Å². The number of esters is 1. The van der Waals surface area contributed by atoms with Crippen LogP contribution in [0.25, 0.3) is 0 Å². The van der Waals surface area contributed by atoms with E-state index in [9.17, 15) is 19.2 Å². The van der Waals surface area contributed by atoms with Gasteiger partial charge in [-0.25, -0.2) is 4.79 Å². The van der Waals surface area contributed by atoms with Gasteiger partial charge in [-0.1, -0.05) is 18.2 Å². The second-order valence-corrected chi connectivity index (χ2v) is 8.87. The molecular weight excluding hydrogens is 446 g/mol. The van der Waals surface area contributed by atoms with Gasteiger partial charge in [0.15, 0.2) is 0 Å². The van der Waals surface area contributed by atoms with Crippen molar-refractivity contribution in [2.45, 2.75) is 59.2 Å². The summed E-state index contributed by atoms with van der Waals surface area (Å²) in [6, 6.07) is 3.49. The molecule has 0 fully saturated rings. The Morgan fingerprint density at radius 2 is 1.70 bits per heavy atom. The zero-order valence-corrected chi connectivity index (χ0v) is 21.2. The van der Waals surface area contributed by atoms with Crippen molar-refractivity contribution in [2.75, 3.05) is 26.0 Å². The van der Waals surface area contributed by atoms with E-state index in [4.69, 9.17) is 4.74 Å². The molecule has 2 atom stereocenters. The number of rotatable bonds is 9. The quantitative estimate of drug-likeness (QED) is 0.368. The van der Waals surface area contributed by atoms with E-state index in [1.807, 2.05) is 32.0 Å². The zero-order chi connectivity index (χ0) is 25.3. The number of thiol groups is 1. The van der Waals surface area contributed by atoms with Gasteiger partial charge in [0.25, 0.3) is 0 Å². The minimum absolute atomic E-state index is 0.00215. The highest BCUT2D eigenvalue weighted by Gasteiger charge is 2.36. The summed E-state index contributed by atoms with van der Waals surface area (Å²) in [5.74, 6) is -1.65. The summed E-state index contributed by atoms with van der Waals surface area (Å²) in [6.07, 6.45) is -0.760. The summed E-state index contributed by atoms with van der Waals surface area (Å²) in [4.78, 5) is 51.9. The van der Waals surface area contributed by atoms with E-state index in [-0.39, 0.29) is 18.8 Å². The molecule has 1 rings (SSSR count). The Bertz CT molecular complexity index is 848. The highest BCUT2D eigenvalue weighted by molar-refractivity contribution is 7.80. The van der Waals surface area contributed by atoms with Crippen molar-refractivity contribution in [1.29, 1.82) is 0 Å². The number of likely N-dealkylation sites (N-methyl/N-ethyl adjacent to an activating group) is 1. The molecule has 0 spiro atoms. The van der Waals surface area contributed by atoms with E-state index in [0.29, 0.717) is 5.56 Å². The first kappa shape index (κ1) is 28.3. The van der Waals surface area contributed by atoms with Crippen molar-refractivity contribution in [1.82, 2.24) is 15.5 Å². The number of nitrogens with zero attached hydrogens (tertiary/aromatic N) is 1. The first-order chi connectivity index (χ1) is 15.4. The third kappa shape index (κ3) is 8.27. The van der Waals surface area contributed by atoms with Gasteiger partial charge < -0.3 is 25.0 Å². The molecule has 1 aromatic rings. The SMILES string of the molecule is CCN(C(=O)C(CS)NC(=O)OC(C)(C)C)C(C(=O)NCC(=O)OC)c1c(C)cccc1C. The summed E-state index contributed by atoms with van der Waals surface area (Å²) in [6.45, 7) is 10.4. The van der Waals surface area contributed by atoms with Gasteiger partial charge in [-0.3, -0.25) is 14.4 Å². The van der Waals surface area contributed by atoms with Crippen molar-refractivity contribution in [3.8, 4) is 0 Å². The lowest BCUT2D eigenvalue weighted by Gasteiger charge is -2.34.